The van der Waals surface area contributed by atoms with Crippen LogP contribution in [-0.2, 0) is 0 Å². The van der Waals surface area contributed by atoms with Crippen molar-refractivity contribution in [1.82, 2.24) is 5.32 Å². The second-order valence-electron chi connectivity index (χ2n) is 5.60. The molecule has 1 amide bonds. The molecule has 1 aromatic carbocycles. The first-order chi connectivity index (χ1) is 9.26. The minimum atomic E-state index is -0.886. The van der Waals surface area contributed by atoms with Crippen molar-refractivity contribution < 1.29 is 9.90 Å². The fraction of sp³-hybridized carbons (Fsp3) is 0.533. The van der Waals surface area contributed by atoms with E-state index in [9.17, 15) is 9.90 Å². The lowest BCUT2D eigenvalue weighted by atomic mass is 10.0. The fourth-order valence-electron chi connectivity index (χ4n) is 2.12. The Labute approximate surface area is 120 Å². The highest BCUT2D eigenvalue weighted by Crippen LogP contribution is 2.21. The summed E-state index contributed by atoms with van der Waals surface area (Å²) in [6, 6.07) is 5.23. The zero-order valence-electron chi connectivity index (χ0n) is 12.7. The number of rotatable bonds is 6. The Balaban J connectivity index is 2.85. The van der Waals surface area contributed by atoms with E-state index in [1.807, 2.05) is 32.0 Å². The molecule has 0 bridgehead atoms. The van der Waals surface area contributed by atoms with E-state index in [0.717, 1.165) is 12.1 Å². The van der Waals surface area contributed by atoms with Gasteiger partial charge < -0.3 is 21.1 Å². The molecule has 1 unspecified atom stereocenters. The molecule has 0 aromatic heterocycles. The highest BCUT2D eigenvalue weighted by atomic mass is 16.3. The number of hydrogen-bond acceptors (Lipinski definition) is 4. The van der Waals surface area contributed by atoms with Crippen LogP contribution in [0.3, 0.4) is 0 Å². The Morgan fingerprint density at radius 2 is 2.10 bits per heavy atom. The number of anilines is 2. The quantitative estimate of drug-likeness (QED) is 0.691. The average Bonchev–Trinajstić information content (AvgIpc) is 2.35. The van der Waals surface area contributed by atoms with Crippen molar-refractivity contribution in [2.45, 2.75) is 32.3 Å². The molecule has 0 heterocycles. The molecule has 0 radical (unpaired) electrons. The van der Waals surface area contributed by atoms with Crippen molar-refractivity contribution in [3.8, 4) is 0 Å². The molecule has 1 aromatic rings. The van der Waals surface area contributed by atoms with Gasteiger partial charge in [0, 0.05) is 32.0 Å². The van der Waals surface area contributed by atoms with E-state index in [4.69, 9.17) is 5.73 Å². The molecule has 4 N–H and O–H groups in total. The molecule has 0 aliphatic rings. The Hall–Kier alpha value is -1.75. The molecule has 112 valence electrons. The van der Waals surface area contributed by atoms with Gasteiger partial charge in [0.15, 0.2) is 0 Å². The van der Waals surface area contributed by atoms with E-state index in [1.54, 1.807) is 19.1 Å². The SMILES string of the molecule is CCCC(C)(O)CNC(=O)c1cc(N)ccc1N(C)C. The van der Waals surface area contributed by atoms with Gasteiger partial charge in [0.2, 0.25) is 0 Å². The molecule has 20 heavy (non-hydrogen) atoms. The zero-order chi connectivity index (χ0) is 15.3. The van der Waals surface area contributed by atoms with Crippen LogP contribution in [0.25, 0.3) is 0 Å². The normalized spacial score (nSPS) is 13.7. The highest BCUT2D eigenvalue weighted by Gasteiger charge is 2.21. The highest BCUT2D eigenvalue weighted by molar-refractivity contribution is 6.00. The molecule has 5 heteroatoms. The number of amides is 1. The first-order valence-electron chi connectivity index (χ1n) is 6.84. The summed E-state index contributed by atoms with van der Waals surface area (Å²) in [6.45, 7) is 3.95. The molecule has 0 aliphatic heterocycles. The van der Waals surface area contributed by atoms with Crippen molar-refractivity contribution in [2.75, 3.05) is 31.3 Å². The largest absolute Gasteiger partial charge is 0.399 e. The van der Waals surface area contributed by atoms with Crippen LogP contribution in [0.5, 0.6) is 0 Å². The number of nitrogens with two attached hydrogens (primary N) is 1. The van der Waals surface area contributed by atoms with Gasteiger partial charge in [0.25, 0.3) is 5.91 Å². The predicted molar refractivity (Wildman–Crippen MR) is 83.0 cm³/mol. The van der Waals surface area contributed by atoms with Crippen LogP contribution >= 0.6 is 0 Å². The van der Waals surface area contributed by atoms with E-state index in [-0.39, 0.29) is 12.5 Å². The summed E-state index contributed by atoms with van der Waals surface area (Å²) < 4.78 is 0. The van der Waals surface area contributed by atoms with E-state index in [1.165, 1.54) is 0 Å². The summed E-state index contributed by atoms with van der Waals surface area (Å²) in [4.78, 5) is 14.1. The topological polar surface area (TPSA) is 78.6 Å². The second kappa shape index (κ2) is 6.61. The number of nitrogens with one attached hydrogen (secondary N) is 1. The number of nitrogens with zero attached hydrogens (tertiary/aromatic N) is 1. The number of benzene rings is 1. The van der Waals surface area contributed by atoms with E-state index >= 15 is 0 Å². The molecule has 0 aliphatic carbocycles. The van der Waals surface area contributed by atoms with Crippen LogP contribution in [0.1, 0.15) is 37.0 Å². The van der Waals surface area contributed by atoms with Gasteiger partial charge in [-0.3, -0.25) is 4.79 Å². The molecule has 1 atom stereocenters. The van der Waals surface area contributed by atoms with Crippen LogP contribution in [-0.4, -0.2) is 37.3 Å². The summed E-state index contributed by atoms with van der Waals surface area (Å²) in [5.41, 5.74) is 6.72. The summed E-state index contributed by atoms with van der Waals surface area (Å²) in [5, 5.41) is 12.9. The lowest BCUT2D eigenvalue weighted by molar-refractivity contribution is 0.0470. The van der Waals surface area contributed by atoms with Gasteiger partial charge in [-0.2, -0.15) is 0 Å². The predicted octanol–water partition coefficient (Wildman–Crippen LogP) is 1.62. The van der Waals surface area contributed by atoms with Crippen molar-refractivity contribution in [3.05, 3.63) is 23.8 Å². The molecule has 5 nitrogen and oxygen atoms in total. The maximum atomic E-state index is 12.3. The average molecular weight is 279 g/mol. The summed E-state index contributed by atoms with van der Waals surface area (Å²) >= 11 is 0. The zero-order valence-corrected chi connectivity index (χ0v) is 12.7. The first kappa shape index (κ1) is 16.3. The van der Waals surface area contributed by atoms with Gasteiger partial charge >= 0.3 is 0 Å². The Morgan fingerprint density at radius 1 is 1.45 bits per heavy atom. The van der Waals surface area contributed by atoms with Gasteiger partial charge in [-0.15, -0.1) is 0 Å². The Bertz CT molecular complexity index is 470. The third-order valence-electron chi connectivity index (χ3n) is 3.17. The molecule has 0 spiro atoms. The minimum absolute atomic E-state index is 0.224. The molecular weight excluding hydrogens is 254 g/mol. The van der Waals surface area contributed by atoms with E-state index < -0.39 is 5.60 Å². The lowest BCUT2D eigenvalue weighted by Crippen LogP contribution is -2.40. The number of carbonyl (C=O) groups is 1. The second-order valence-corrected chi connectivity index (χ2v) is 5.60. The minimum Gasteiger partial charge on any atom is -0.399 e. The van der Waals surface area contributed by atoms with Crippen LogP contribution in [0.4, 0.5) is 11.4 Å². The van der Waals surface area contributed by atoms with Crippen LogP contribution in [0, 0.1) is 0 Å². The van der Waals surface area contributed by atoms with Crippen LogP contribution < -0.4 is 16.0 Å². The number of hydrogen-bond donors (Lipinski definition) is 3. The van der Waals surface area contributed by atoms with Gasteiger partial charge in [-0.25, -0.2) is 0 Å². The molecule has 0 fully saturated rings. The molecule has 0 saturated carbocycles. The van der Waals surface area contributed by atoms with Crippen molar-refractivity contribution in [2.24, 2.45) is 0 Å². The molecule has 0 saturated heterocycles. The summed E-state index contributed by atoms with van der Waals surface area (Å²) in [5.74, 6) is -0.225. The maximum absolute atomic E-state index is 12.3. The van der Waals surface area contributed by atoms with Gasteiger partial charge in [0.05, 0.1) is 11.2 Å². The summed E-state index contributed by atoms with van der Waals surface area (Å²) in [6.07, 6.45) is 1.51. The number of aliphatic hydroxyl groups is 1. The number of carbonyl (C=O) groups excluding carboxylic acids is 1. The Morgan fingerprint density at radius 3 is 2.65 bits per heavy atom. The van der Waals surface area contributed by atoms with Gasteiger partial charge in [-0.1, -0.05) is 13.3 Å². The van der Waals surface area contributed by atoms with Crippen molar-refractivity contribution >= 4 is 17.3 Å². The van der Waals surface area contributed by atoms with E-state index in [0.29, 0.717) is 17.7 Å². The standard InChI is InChI=1S/C15H25N3O2/c1-5-8-15(2,20)10-17-14(19)12-9-11(16)6-7-13(12)18(3)4/h6-7,9,20H,5,8,10,16H2,1-4H3,(H,17,19). The summed E-state index contributed by atoms with van der Waals surface area (Å²) in [7, 11) is 3.74. The third kappa shape index (κ3) is 4.42. The van der Waals surface area contributed by atoms with Crippen molar-refractivity contribution in [1.29, 1.82) is 0 Å². The lowest BCUT2D eigenvalue weighted by Gasteiger charge is -2.24. The monoisotopic (exact) mass is 279 g/mol. The number of nitrogen functional groups attached to an aromatic ring is 1. The van der Waals surface area contributed by atoms with Crippen LogP contribution in [0.15, 0.2) is 18.2 Å². The fourth-order valence-corrected chi connectivity index (χ4v) is 2.12. The molecule has 1 rings (SSSR count). The first-order valence-corrected chi connectivity index (χ1v) is 6.84. The van der Waals surface area contributed by atoms with Gasteiger partial charge in [0.1, 0.15) is 0 Å². The maximum Gasteiger partial charge on any atom is 0.253 e. The Kier molecular flexibility index (Phi) is 5.39. The van der Waals surface area contributed by atoms with Crippen molar-refractivity contribution in [3.63, 3.8) is 0 Å². The third-order valence-corrected chi connectivity index (χ3v) is 3.17. The smallest absolute Gasteiger partial charge is 0.253 e. The van der Waals surface area contributed by atoms with Crippen LogP contribution in [0.2, 0.25) is 0 Å². The van der Waals surface area contributed by atoms with Gasteiger partial charge in [-0.05, 0) is 31.5 Å². The molecular formula is C15H25N3O2. The van der Waals surface area contributed by atoms with E-state index in [2.05, 4.69) is 5.32 Å².